The Kier molecular flexibility index (Phi) is 5.87. The molecule has 0 spiro atoms. The largest absolute Gasteiger partial charge is 0.324 e. The maximum atomic E-state index is 11.7. The second-order valence-electron chi connectivity index (χ2n) is 3.36. The summed E-state index contributed by atoms with van der Waals surface area (Å²) in [6, 6.07) is 7.03. The Labute approximate surface area is 108 Å². The number of amides is 1. The predicted octanol–water partition coefficient (Wildman–Crippen LogP) is 2.47. The zero-order valence-electron chi connectivity index (χ0n) is 9.07. The molecule has 1 amide bonds. The SMILES string of the molecule is CSCC[C@H](N)C(=O)Nc1ccccc1Br. The fraction of sp³-hybridized carbons (Fsp3) is 0.364. The molecule has 0 aromatic heterocycles. The summed E-state index contributed by atoms with van der Waals surface area (Å²) in [5, 5.41) is 2.80. The molecular weight excluding hydrogens is 288 g/mol. The van der Waals surface area contributed by atoms with Gasteiger partial charge < -0.3 is 11.1 Å². The Hall–Kier alpha value is -0.520. The quantitative estimate of drug-likeness (QED) is 0.878. The number of para-hydroxylation sites is 1. The van der Waals surface area contributed by atoms with E-state index in [9.17, 15) is 4.79 Å². The lowest BCUT2D eigenvalue weighted by Gasteiger charge is -2.12. The van der Waals surface area contributed by atoms with Crippen LogP contribution in [-0.4, -0.2) is 24.0 Å². The first kappa shape index (κ1) is 13.5. The standard InChI is InChI=1S/C11H15BrN2OS/c1-16-7-6-9(13)11(15)14-10-5-3-2-4-8(10)12/h2-5,9H,6-7,13H2,1H3,(H,14,15)/t9-/m0/s1. The van der Waals surface area contributed by atoms with Crippen molar-refractivity contribution in [1.82, 2.24) is 0 Å². The second-order valence-corrected chi connectivity index (χ2v) is 5.20. The van der Waals surface area contributed by atoms with E-state index in [0.29, 0.717) is 6.42 Å². The molecule has 1 aromatic carbocycles. The number of rotatable bonds is 5. The van der Waals surface area contributed by atoms with Gasteiger partial charge in [-0.1, -0.05) is 12.1 Å². The van der Waals surface area contributed by atoms with Crippen LogP contribution < -0.4 is 11.1 Å². The average Bonchev–Trinajstić information content (AvgIpc) is 2.28. The van der Waals surface area contributed by atoms with E-state index in [2.05, 4.69) is 21.2 Å². The van der Waals surface area contributed by atoms with Gasteiger partial charge in [0.2, 0.25) is 5.91 Å². The number of benzene rings is 1. The van der Waals surface area contributed by atoms with Gasteiger partial charge in [0, 0.05) is 4.47 Å². The molecule has 0 fully saturated rings. The molecule has 0 aliphatic heterocycles. The van der Waals surface area contributed by atoms with Gasteiger partial charge in [0.1, 0.15) is 0 Å². The monoisotopic (exact) mass is 302 g/mol. The zero-order chi connectivity index (χ0) is 12.0. The first-order valence-electron chi connectivity index (χ1n) is 4.95. The minimum atomic E-state index is -0.445. The van der Waals surface area contributed by atoms with E-state index in [-0.39, 0.29) is 5.91 Å². The molecule has 1 aromatic rings. The van der Waals surface area contributed by atoms with E-state index in [4.69, 9.17) is 5.73 Å². The van der Waals surface area contributed by atoms with Crippen molar-refractivity contribution >= 4 is 39.3 Å². The highest BCUT2D eigenvalue weighted by molar-refractivity contribution is 9.10. The van der Waals surface area contributed by atoms with Crippen LogP contribution in [0.5, 0.6) is 0 Å². The minimum Gasteiger partial charge on any atom is -0.324 e. The third-order valence-electron chi connectivity index (χ3n) is 2.10. The molecule has 0 unspecified atom stereocenters. The topological polar surface area (TPSA) is 55.1 Å². The number of carbonyl (C=O) groups excluding carboxylic acids is 1. The summed E-state index contributed by atoms with van der Waals surface area (Å²) >= 11 is 5.05. The van der Waals surface area contributed by atoms with Crippen molar-refractivity contribution in [1.29, 1.82) is 0 Å². The molecule has 0 heterocycles. The van der Waals surface area contributed by atoms with Gasteiger partial charge >= 0.3 is 0 Å². The van der Waals surface area contributed by atoms with Crippen LogP contribution in [0, 0.1) is 0 Å². The van der Waals surface area contributed by atoms with Gasteiger partial charge in [-0.2, -0.15) is 11.8 Å². The Balaban J connectivity index is 2.54. The molecule has 16 heavy (non-hydrogen) atoms. The molecule has 3 N–H and O–H groups in total. The molecule has 0 aliphatic rings. The lowest BCUT2D eigenvalue weighted by atomic mass is 10.2. The predicted molar refractivity (Wildman–Crippen MR) is 73.7 cm³/mol. The highest BCUT2D eigenvalue weighted by atomic mass is 79.9. The van der Waals surface area contributed by atoms with Crippen molar-refractivity contribution in [3.8, 4) is 0 Å². The van der Waals surface area contributed by atoms with E-state index in [0.717, 1.165) is 15.9 Å². The zero-order valence-corrected chi connectivity index (χ0v) is 11.5. The fourth-order valence-corrected chi connectivity index (χ4v) is 2.04. The third-order valence-corrected chi connectivity index (χ3v) is 3.44. The summed E-state index contributed by atoms with van der Waals surface area (Å²) in [4.78, 5) is 11.7. The maximum Gasteiger partial charge on any atom is 0.241 e. The molecule has 88 valence electrons. The van der Waals surface area contributed by atoms with E-state index in [1.807, 2.05) is 30.5 Å². The summed E-state index contributed by atoms with van der Waals surface area (Å²) in [5.41, 5.74) is 6.52. The molecule has 1 rings (SSSR count). The summed E-state index contributed by atoms with van der Waals surface area (Å²) in [5.74, 6) is 0.755. The maximum absolute atomic E-state index is 11.7. The van der Waals surface area contributed by atoms with Crippen LogP contribution in [0.4, 0.5) is 5.69 Å². The van der Waals surface area contributed by atoms with Crippen molar-refractivity contribution in [2.75, 3.05) is 17.3 Å². The number of carbonyl (C=O) groups is 1. The van der Waals surface area contributed by atoms with Gasteiger partial charge in [0.15, 0.2) is 0 Å². The fourth-order valence-electron chi connectivity index (χ4n) is 1.16. The molecule has 1 atom stereocenters. The van der Waals surface area contributed by atoms with Crippen LogP contribution in [-0.2, 0) is 4.79 Å². The second kappa shape index (κ2) is 6.93. The van der Waals surface area contributed by atoms with E-state index < -0.39 is 6.04 Å². The molecule has 0 saturated heterocycles. The van der Waals surface area contributed by atoms with Crippen molar-refractivity contribution in [2.45, 2.75) is 12.5 Å². The highest BCUT2D eigenvalue weighted by Gasteiger charge is 2.13. The van der Waals surface area contributed by atoms with Gasteiger partial charge in [0.25, 0.3) is 0 Å². The number of hydrogen-bond donors (Lipinski definition) is 2. The number of halogens is 1. The molecule has 0 saturated carbocycles. The number of anilines is 1. The first-order chi connectivity index (χ1) is 7.65. The Morgan fingerprint density at radius 3 is 2.88 bits per heavy atom. The lowest BCUT2D eigenvalue weighted by Crippen LogP contribution is -2.36. The van der Waals surface area contributed by atoms with Gasteiger partial charge in [-0.25, -0.2) is 0 Å². The average molecular weight is 303 g/mol. The van der Waals surface area contributed by atoms with Crippen molar-refractivity contribution in [3.05, 3.63) is 28.7 Å². The van der Waals surface area contributed by atoms with E-state index in [1.165, 1.54) is 0 Å². The van der Waals surface area contributed by atoms with Crippen LogP contribution in [0.3, 0.4) is 0 Å². The van der Waals surface area contributed by atoms with Crippen molar-refractivity contribution in [3.63, 3.8) is 0 Å². The smallest absolute Gasteiger partial charge is 0.241 e. The molecule has 5 heteroatoms. The molecule has 0 aliphatic carbocycles. The Bertz CT molecular complexity index is 360. The van der Waals surface area contributed by atoms with E-state index >= 15 is 0 Å². The van der Waals surface area contributed by atoms with Gasteiger partial charge in [-0.15, -0.1) is 0 Å². The minimum absolute atomic E-state index is 0.138. The molecular formula is C11H15BrN2OS. The van der Waals surface area contributed by atoms with E-state index in [1.54, 1.807) is 11.8 Å². The number of nitrogens with one attached hydrogen (secondary N) is 1. The first-order valence-corrected chi connectivity index (χ1v) is 7.13. The summed E-state index contributed by atoms with van der Waals surface area (Å²) in [6.07, 6.45) is 2.69. The van der Waals surface area contributed by atoms with Crippen LogP contribution in [0.1, 0.15) is 6.42 Å². The van der Waals surface area contributed by atoms with Gasteiger partial charge in [0.05, 0.1) is 11.7 Å². The van der Waals surface area contributed by atoms with Crippen molar-refractivity contribution < 1.29 is 4.79 Å². The number of thioether (sulfide) groups is 1. The van der Waals surface area contributed by atoms with Crippen LogP contribution in [0.15, 0.2) is 28.7 Å². The molecule has 3 nitrogen and oxygen atoms in total. The highest BCUT2D eigenvalue weighted by Crippen LogP contribution is 2.21. The van der Waals surface area contributed by atoms with Crippen LogP contribution in [0.25, 0.3) is 0 Å². The summed E-state index contributed by atoms with van der Waals surface area (Å²) < 4.78 is 0.861. The van der Waals surface area contributed by atoms with Gasteiger partial charge in [-0.05, 0) is 46.5 Å². The lowest BCUT2D eigenvalue weighted by molar-refractivity contribution is -0.117. The molecule has 0 bridgehead atoms. The Morgan fingerprint density at radius 2 is 2.25 bits per heavy atom. The van der Waals surface area contributed by atoms with Crippen molar-refractivity contribution in [2.24, 2.45) is 5.73 Å². The molecule has 0 radical (unpaired) electrons. The van der Waals surface area contributed by atoms with Gasteiger partial charge in [-0.3, -0.25) is 4.79 Å². The number of nitrogens with two attached hydrogens (primary N) is 1. The van der Waals surface area contributed by atoms with Crippen LogP contribution in [0.2, 0.25) is 0 Å². The Morgan fingerprint density at radius 1 is 1.56 bits per heavy atom. The summed E-state index contributed by atoms with van der Waals surface area (Å²) in [6.45, 7) is 0. The normalized spacial score (nSPS) is 12.2. The third kappa shape index (κ3) is 4.15. The summed E-state index contributed by atoms with van der Waals surface area (Å²) in [7, 11) is 0. The number of hydrogen-bond acceptors (Lipinski definition) is 3. The van der Waals surface area contributed by atoms with Crippen LogP contribution >= 0.6 is 27.7 Å².